The van der Waals surface area contributed by atoms with E-state index in [9.17, 15) is 9.90 Å². The normalized spacial score (nSPS) is 11.0. The lowest BCUT2D eigenvalue weighted by molar-refractivity contribution is 0.262. The maximum atomic E-state index is 11.9. The fourth-order valence-electron chi connectivity index (χ4n) is 1.89. The maximum Gasteiger partial charge on any atom is 0.323 e. The van der Waals surface area contributed by atoms with Gasteiger partial charge in [0.1, 0.15) is 5.75 Å². The maximum absolute atomic E-state index is 11.9. The van der Waals surface area contributed by atoms with E-state index < -0.39 is 0 Å². The van der Waals surface area contributed by atoms with Crippen molar-refractivity contribution in [3.63, 3.8) is 0 Å². The number of phenolic OH excluding ortho intramolecular Hbond substituents is 1. The van der Waals surface area contributed by atoms with Crippen LogP contribution in [0.5, 0.6) is 5.75 Å². The highest BCUT2D eigenvalue weighted by molar-refractivity contribution is 5.99. The summed E-state index contributed by atoms with van der Waals surface area (Å²) in [6.07, 6.45) is 0. The molecule has 2 amide bonds. The van der Waals surface area contributed by atoms with E-state index in [1.807, 2.05) is 24.3 Å². The Morgan fingerprint density at radius 2 is 1.29 bits per heavy atom. The Kier molecular flexibility index (Phi) is 4.17. The number of rotatable bonds is 2. The Hall–Kier alpha value is -2.49. The smallest absolute Gasteiger partial charge is 0.323 e. The Balaban J connectivity index is 1.98. The largest absolute Gasteiger partial charge is 0.508 e. The minimum absolute atomic E-state index is 0.0901. The molecule has 4 nitrogen and oxygen atoms in total. The summed E-state index contributed by atoms with van der Waals surface area (Å²) in [4.78, 5) is 11.9. The molecule has 0 spiro atoms. The predicted molar refractivity (Wildman–Crippen MR) is 85.9 cm³/mol. The zero-order valence-electron chi connectivity index (χ0n) is 12.5. The number of anilines is 2. The van der Waals surface area contributed by atoms with Crippen molar-refractivity contribution < 1.29 is 9.90 Å². The average molecular weight is 284 g/mol. The molecule has 0 saturated heterocycles. The molecule has 0 aliphatic heterocycles. The van der Waals surface area contributed by atoms with Gasteiger partial charge in [-0.05, 0) is 47.4 Å². The van der Waals surface area contributed by atoms with E-state index >= 15 is 0 Å². The SMILES string of the molecule is CC(C)(C)c1ccc(NC(=O)Nc2ccc(O)cc2)cc1. The molecular formula is C17H20N2O2. The Labute approximate surface area is 124 Å². The first kappa shape index (κ1) is 14.9. The molecule has 0 unspecified atom stereocenters. The van der Waals surface area contributed by atoms with E-state index in [1.54, 1.807) is 12.1 Å². The van der Waals surface area contributed by atoms with Crippen molar-refractivity contribution in [3.8, 4) is 5.75 Å². The van der Waals surface area contributed by atoms with Crippen LogP contribution in [0.25, 0.3) is 0 Å². The van der Waals surface area contributed by atoms with Gasteiger partial charge in [-0.3, -0.25) is 0 Å². The molecule has 0 fully saturated rings. The highest BCUT2D eigenvalue weighted by Crippen LogP contribution is 2.23. The van der Waals surface area contributed by atoms with E-state index in [0.717, 1.165) is 5.69 Å². The van der Waals surface area contributed by atoms with E-state index in [0.29, 0.717) is 5.69 Å². The molecule has 0 aliphatic carbocycles. The number of benzene rings is 2. The molecule has 0 bridgehead atoms. The standard InChI is InChI=1S/C17H20N2O2/c1-17(2,3)12-4-6-13(7-5-12)18-16(21)19-14-8-10-15(20)11-9-14/h4-11,20H,1-3H3,(H2,18,19,21). The Morgan fingerprint density at radius 3 is 1.71 bits per heavy atom. The summed E-state index contributed by atoms with van der Waals surface area (Å²) < 4.78 is 0. The minimum atomic E-state index is -0.316. The van der Waals surface area contributed by atoms with E-state index in [-0.39, 0.29) is 17.2 Å². The molecular weight excluding hydrogens is 264 g/mol. The molecule has 0 aromatic heterocycles. The molecule has 3 N–H and O–H groups in total. The monoisotopic (exact) mass is 284 g/mol. The van der Waals surface area contributed by atoms with Gasteiger partial charge in [-0.2, -0.15) is 0 Å². The summed E-state index contributed by atoms with van der Waals surface area (Å²) in [5.41, 5.74) is 2.66. The fraction of sp³-hybridized carbons (Fsp3) is 0.235. The highest BCUT2D eigenvalue weighted by atomic mass is 16.3. The van der Waals surface area contributed by atoms with Crippen molar-refractivity contribution in [2.45, 2.75) is 26.2 Å². The topological polar surface area (TPSA) is 61.4 Å². The van der Waals surface area contributed by atoms with Crippen LogP contribution in [-0.4, -0.2) is 11.1 Å². The van der Waals surface area contributed by atoms with Crippen LogP contribution >= 0.6 is 0 Å². The van der Waals surface area contributed by atoms with Crippen LogP contribution in [0.4, 0.5) is 16.2 Å². The van der Waals surface area contributed by atoms with Gasteiger partial charge in [0.2, 0.25) is 0 Å². The van der Waals surface area contributed by atoms with Crippen molar-refractivity contribution >= 4 is 17.4 Å². The summed E-state index contributed by atoms with van der Waals surface area (Å²) >= 11 is 0. The predicted octanol–water partition coefficient (Wildman–Crippen LogP) is 4.33. The van der Waals surface area contributed by atoms with Gasteiger partial charge in [-0.1, -0.05) is 32.9 Å². The minimum Gasteiger partial charge on any atom is -0.508 e. The summed E-state index contributed by atoms with van der Waals surface area (Å²) in [5.74, 6) is 0.165. The first-order valence-electron chi connectivity index (χ1n) is 6.82. The van der Waals surface area contributed by atoms with Gasteiger partial charge in [0, 0.05) is 11.4 Å². The van der Waals surface area contributed by atoms with Gasteiger partial charge >= 0.3 is 6.03 Å². The van der Waals surface area contributed by atoms with Gasteiger partial charge in [-0.15, -0.1) is 0 Å². The number of hydrogen-bond donors (Lipinski definition) is 3. The number of amides is 2. The molecule has 21 heavy (non-hydrogen) atoms. The molecule has 0 saturated carbocycles. The van der Waals surface area contributed by atoms with Crippen LogP contribution < -0.4 is 10.6 Å². The summed E-state index contributed by atoms with van der Waals surface area (Å²) in [6, 6.07) is 13.8. The highest BCUT2D eigenvalue weighted by Gasteiger charge is 2.13. The van der Waals surface area contributed by atoms with Crippen molar-refractivity contribution in [2.24, 2.45) is 0 Å². The average Bonchev–Trinajstić information content (AvgIpc) is 2.41. The molecule has 0 heterocycles. The van der Waals surface area contributed by atoms with Gasteiger partial charge in [0.15, 0.2) is 0 Å². The van der Waals surface area contributed by atoms with Crippen LogP contribution in [0.2, 0.25) is 0 Å². The summed E-state index contributed by atoms with van der Waals surface area (Å²) in [6.45, 7) is 6.44. The van der Waals surface area contributed by atoms with Gasteiger partial charge in [0.05, 0.1) is 0 Å². The molecule has 2 aromatic carbocycles. The molecule has 0 aliphatic rings. The lowest BCUT2D eigenvalue weighted by Gasteiger charge is -2.19. The fourth-order valence-corrected chi connectivity index (χ4v) is 1.89. The number of carbonyl (C=O) groups is 1. The molecule has 2 aromatic rings. The zero-order chi connectivity index (χ0) is 15.5. The van der Waals surface area contributed by atoms with E-state index in [1.165, 1.54) is 17.7 Å². The molecule has 2 rings (SSSR count). The number of urea groups is 1. The molecule has 4 heteroatoms. The number of aromatic hydroxyl groups is 1. The van der Waals surface area contributed by atoms with Crippen LogP contribution in [0, 0.1) is 0 Å². The Bertz CT molecular complexity index is 611. The summed E-state index contributed by atoms with van der Waals surface area (Å²) in [5, 5.41) is 14.7. The Morgan fingerprint density at radius 1 is 0.857 bits per heavy atom. The molecule has 0 radical (unpaired) electrons. The van der Waals surface area contributed by atoms with Crippen LogP contribution in [0.3, 0.4) is 0 Å². The first-order valence-corrected chi connectivity index (χ1v) is 6.82. The first-order chi connectivity index (χ1) is 9.84. The van der Waals surface area contributed by atoms with E-state index in [4.69, 9.17) is 0 Å². The number of phenols is 1. The second kappa shape index (κ2) is 5.87. The van der Waals surface area contributed by atoms with Crippen LogP contribution in [0.1, 0.15) is 26.3 Å². The number of carbonyl (C=O) groups excluding carboxylic acids is 1. The molecule has 110 valence electrons. The lowest BCUT2D eigenvalue weighted by Crippen LogP contribution is -2.19. The third-order valence-electron chi connectivity index (χ3n) is 3.13. The molecule has 0 atom stereocenters. The summed E-state index contributed by atoms with van der Waals surface area (Å²) in [7, 11) is 0. The second-order valence-electron chi connectivity index (χ2n) is 5.95. The third-order valence-corrected chi connectivity index (χ3v) is 3.13. The van der Waals surface area contributed by atoms with Crippen molar-refractivity contribution in [3.05, 3.63) is 54.1 Å². The lowest BCUT2D eigenvalue weighted by atomic mass is 9.87. The number of hydrogen-bond acceptors (Lipinski definition) is 2. The van der Waals surface area contributed by atoms with Crippen molar-refractivity contribution in [1.82, 2.24) is 0 Å². The third kappa shape index (κ3) is 4.24. The quantitative estimate of drug-likeness (QED) is 0.719. The van der Waals surface area contributed by atoms with E-state index in [2.05, 4.69) is 31.4 Å². The van der Waals surface area contributed by atoms with Crippen molar-refractivity contribution in [2.75, 3.05) is 10.6 Å². The van der Waals surface area contributed by atoms with Gasteiger partial charge < -0.3 is 15.7 Å². The zero-order valence-corrected chi connectivity index (χ0v) is 12.5. The van der Waals surface area contributed by atoms with Gasteiger partial charge in [0.25, 0.3) is 0 Å². The second-order valence-corrected chi connectivity index (χ2v) is 5.95. The number of nitrogens with one attached hydrogen (secondary N) is 2. The van der Waals surface area contributed by atoms with Gasteiger partial charge in [-0.25, -0.2) is 4.79 Å². The van der Waals surface area contributed by atoms with Crippen molar-refractivity contribution in [1.29, 1.82) is 0 Å². The van der Waals surface area contributed by atoms with Crippen LogP contribution in [0.15, 0.2) is 48.5 Å². The van der Waals surface area contributed by atoms with Crippen LogP contribution in [-0.2, 0) is 5.41 Å².